The Balaban J connectivity index is 1.74. The van der Waals surface area contributed by atoms with Crippen LogP contribution in [0, 0.1) is 6.92 Å². The van der Waals surface area contributed by atoms with Crippen molar-refractivity contribution in [1.82, 2.24) is 5.32 Å². The van der Waals surface area contributed by atoms with Gasteiger partial charge >= 0.3 is 6.03 Å². The molecule has 140 valence electrons. The summed E-state index contributed by atoms with van der Waals surface area (Å²) in [5.41, 5.74) is 1.79. The predicted octanol–water partition coefficient (Wildman–Crippen LogP) is 3.99. The number of methoxy groups -OCH3 is 1. The van der Waals surface area contributed by atoms with Gasteiger partial charge in [-0.15, -0.1) is 0 Å². The molecule has 2 rings (SSSR count). The second-order valence-corrected chi connectivity index (χ2v) is 6.07. The van der Waals surface area contributed by atoms with Gasteiger partial charge in [-0.2, -0.15) is 0 Å². The lowest BCUT2D eigenvalue weighted by Gasteiger charge is -2.13. The van der Waals surface area contributed by atoms with E-state index in [-0.39, 0.29) is 12.1 Å². The molecule has 6 heteroatoms. The van der Waals surface area contributed by atoms with E-state index in [1.54, 1.807) is 19.2 Å². The van der Waals surface area contributed by atoms with E-state index in [2.05, 4.69) is 10.6 Å². The van der Waals surface area contributed by atoms with Gasteiger partial charge < -0.3 is 24.8 Å². The summed E-state index contributed by atoms with van der Waals surface area (Å²) in [5.74, 6) is 2.10. The number of benzene rings is 2. The maximum atomic E-state index is 11.9. The Kier molecular flexibility index (Phi) is 7.14. The van der Waals surface area contributed by atoms with Crippen molar-refractivity contribution in [3.63, 3.8) is 0 Å². The van der Waals surface area contributed by atoms with Crippen LogP contribution < -0.4 is 24.8 Å². The van der Waals surface area contributed by atoms with E-state index in [1.165, 1.54) is 0 Å². The number of hydrogen-bond donors (Lipinski definition) is 2. The second-order valence-electron chi connectivity index (χ2n) is 6.07. The van der Waals surface area contributed by atoms with Crippen LogP contribution >= 0.6 is 0 Å². The van der Waals surface area contributed by atoms with Crippen LogP contribution in [0.1, 0.15) is 19.4 Å². The summed E-state index contributed by atoms with van der Waals surface area (Å²) in [6.07, 6.45) is 0.115. The average Bonchev–Trinajstić information content (AvgIpc) is 2.61. The number of ether oxygens (including phenoxy) is 3. The number of aryl methyl sites for hydroxylation is 1. The molecule has 0 saturated heterocycles. The number of amides is 2. The first-order valence-corrected chi connectivity index (χ1v) is 8.57. The Morgan fingerprint density at radius 2 is 1.81 bits per heavy atom. The largest absolute Gasteiger partial charge is 0.493 e. The quantitative estimate of drug-likeness (QED) is 0.700. The van der Waals surface area contributed by atoms with E-state index >= 15 is 0 Å². The van der Waals surface area contributed by atoms with Crippen molar-refractivity contribution < 1.29 is 19.0 Å². The summed E-state index contributed by atoms with van der Waals surface area (Å²) in [5, 5.41) is 5.52. The molecule has 0 radical (unpaired) electrons. The molecule has 2 aromatic carbocycles. The van der Waals surface area contributed by atoms with Crippen molar-refractivity contribution in [3.8, 4) is 17.2 Å². The van der Waals surface area contributed by atoms with E-state index in [0.717, 1.165) is 11.3 Å². The third-order valence-electron chi connectivity index (χ3n) is 3.45. The minimum absolute atomic E-state index is 0.115. The fourth-order valence-corrected chi connectivity index (χ4v) is 2.28. The molecule has 2 N–H and O–H groups in total. The van der Waals surface area contributed by atoms with Crippen LogP contribution in [0.5, 0.6) is 17.2 Å². The van der Waals surface area contributed by atoms with Crippen LogP contribution in [0.25, 0.3) is 0 Å². The standard InChI is InChI=1S/C20H26N2O4/c1-14(2)26-17-8-6-16(7-9-17)22-20(23)21-11-12-25-18-10-5-15(3)13-19(18)24-4/h5-10,13-14H,11-12H2,1-4H3,(H2,21,22,23). The van der Waals surface area contributed by atoms with E-state index < -0.39 is 0 Å². The predicted molar refractivity (Wildman–Crippen MR) is 102 cm³/mol. The fraction of sp³-hybridized carbons (Fsp3) is 0.350. The summed E-state index contributed by atoms with van der Waals surface area (Å²) in [6.45, 7) is 6.63. The van der Waals surface area contributed by atoms with Crippen molar-refractivity contribution in [2.45, 2.75) is 26.9 Å². The van der Waals surface area contributed by atoms with Gasteiger partial charge in [0, 0.05) is 5.69 Å². The van der Waals surface area contributed by atoms with Gasteiger partial charge in [-0.25, -0.2) is 4.79 Å². The van der Waals surface area contributed by atoms with Gasteiger partial charge in [-0.3, -0.25) is 0 Å². The van der Waals surface area contributed by atoms with Crippen molar-refractivity contribution in [1.29, 1.82) is 0 Å². The Hall–Kier alpha value is -2.89. The molecular formula is C20H26N2O4. The van der Waals surface area contributed by atoms with Crippen LogP contribution in [0.15, 0.2) is 42.5 Å². The fourth-order valence-electron chi connectivity index (χ4n) is 2.28. The summed E-state index contributed by atoms with van der Waals surface area (Å²) < 4.78 is 16.5. The summed E-state index contributed by atoms with van der Waals surface area (Å²) >= 11 is 0. The molecule has 0 spiro atoms. The summed E-state index contributed by atoms with van der Waals surface area (Å²) in [6, 6.07) is 12.7. The lowest BCUT2D eigenvalue weighted by Crippen LogP contribution is -2.32. The van der Waals surface area contributed by atoms with Gasteiger partial charge in [-0.05, 0) is 62.7 Å². The van der Waals surface area contributed by atoms with Crippen molar-refractivity contribution in [2.75, 3.05) is 25.6 Å². The highest BCUT2D eigenvalue weighted by atomic mass is 16.5. The number of rotatable bonds is 8. The lowest BCUT2D eigenvalue weighted by atomic mass is 10.2. The molecule has 6 nitrogen and oxygen atoms in total. The molecule has 0 bridgehead atoms. The van der Waals surface area contributed by atoms with E-state index in [1.807, 2.05) is 51.1 Å². The number of hydrogen-bond acceptors (Lipinski definition) is 4. The monoisotopic (exact) mass is 358 g/mol. The molecule has 0 aliphatic rings. The smallest absolute Gasteiger partial charge is 0.319 e. The molecular weight excluding hydrogens is 332 g/mol. The Bertz CT molecular complexity index is 714. The van der Waals surface area contributed by atoms with Gasteiger partial charge in [0.2, 0.25) is 0 Å². The zero-order valence-electron chi connectivity index (χ0n) is 15.7. The summed E-state index contributed by atoms with van der Waals surface area (Å²) in [7, 11) is 1.60. The van der Waals surface area contributed by atoms with Gasteiger partial charge in [0.25, 0.3) is 0 Å². The van der Waals surface area contributed by atoms with E-state index in [9.17, 15) is 4.79 Å². The third-order valence-corrected chi connectivity index (χ3v) is 3.45. The Morgan fingerprint density at radius 3 is 2.46 bits per heavy atom. The zero-order chi connectivity index (χ0) is 18.9. The van der Waals surface area contributed by atoms with Gasteiger partial charge in [0.1, 0.15) is 12.4 Å². The lowest BCUT2D eigenvalue weighted by molar-refractivity contribution is 0.242. The van der Waals surface area contributed by atoms with Crippen molar-refractivity contribution in [2.24, 2.45) is 0 Å². The van der Waals surface area contributed by atoms with Crippen molar-refractivity contribution >= 4 is 11.7 Å². The van der Waals surface area contributed by atoms with Crippen LogP contribution in [-0.2, 0) is 0 Å². The molecule has 0 saturated carbocycles. The zero-order valence-corrected chi connectivity index (χ0v) is 15.7. The van der Waals surface area contributed by atoms with E-state index in [4.69, 9.17) is 14.2 Å². The molecule has 0 unspecified atom stereocenters. The minimum atomic E-state index is -0.290. The molecule has 2 amide bonds. The first-order chi connectivity index (χ1) is 12.5. The molecule has 0 fully saturated rings. The van der Waals surface area contributed by atoms with E-state index in [0.29, 0.717) is 30.3 Å². The molecule has 26 heavy (non-hydrogen) atoms. The van der Waals surface area contributed by atoms with Gasteiger partial charge in [0.15, 0.2) is 11.5 Å². The average molecular weight is 358 g/mol. The second kappa shape index (κ2) is 9.56. The van der Waals surface area contributed by atoms with Crippen LogP contribution in [0.2, 0.25) is 0 Å². The Morgan fingerprint density at radius 1 is 1.08 bits per heavy atom. The minimum Gasteiger partial charge on any atom is -0.493 e. The van der Waals surface area contributed by atoms with Gasteiger partial charge in [-0.1, -0.05) is 6.07 Å². The molecule has 0 aliphatic carbocycles. The molecule has 0 atom stereocenters. The topological polar surface area (TPSA) is 68.8 Å². The first-order valence-electron chi connectivity index (χ1n) is 8.57. The highest BCUT2D eigenvalue weighted by Gasteiger charge is 2.05. The molecule has 0 heterocycles. The third kappa shape index (κ3) is 6.20. The van der Waals surface area contributed by atoms with Crippen LogP contribution in [0.4, 0.5) is 10.5 Å². The highest BCUT2D eigenvalue weighted by Crippen LogP contribution is 2.27. The van der Waals surface area contributed by atoms with Crippen LogP contribution in [-0.4, -0.2) is 32.4 Å². The van der Waals surface area contributed by atoms with Crippen molar-refractivity contribution in [3.05, 3.63) is 48.0 Å². The summed E-state index contributed by atoms with van der Waals surface area (Å²) in [4.78, 5) is 11.9. The van der Waals surface area contributed by atoms with Gasteiger partial charge in [0.05, 0.1) is 19.8 Å². The number of carbonyl (C=O) groups excluding carboxylic acids is 1. The number of anilines is 1. The molecule has 0 aliphatic heterocycles. The SMILES string of the molecule is COc1cc(C)ccc1OCCNC(=O)Nc1ccc(OC(C)C)cc1. The maximum Gasteiger partial charge on any atom is 0.319 e. The normalized spacial score (nSPS) is 10.3. The number of nitrogens with one attached hydrogen (secondary N) is 2. The van der Waals surface area contributed by atoms with Crippen LogP contribution in [0.3, 0.4) is 0 Å². The number of carbonyl (C=O) groups is 1. The molecule has 2 aromatic rings. The highest BCUT2D eigenvalue weighted by molar-refractivity contribution is 5.89. The maximum absolute atomic E-state index is 11.9. The number of urea groups is 1. The molecule has 0 aromatic heterocycles. The first kappa shape index (κ1) is 19.4. The Labute approximate surface area is 154 Å².